The van der Waals surface area contributed by atoms with Crippen LogP contribution in [0.4, 0.5) is 4.39 Å². The first-order valence-electron chi connectivity index (χ1n) is 3.36. The summed E-state index contributed by atoms with van der Waals surface area (Å²) in [6, 6.07) is 1.32. The van der Waals surface area contributed by atoms with Crippen LogP contribution in [-0.4, -0.2) is 0 Å². The smallest absolute Gasteiger partial charge is 0.229 e. The van der Waals surface area contributed by atoms with Gasteiger partial charge in [0.2, 0.25) is 5.22 Å². The molecule has 0 atom stereocenters. The second kappa shape index (κ2) is 2.52. The lowest BCUT2D eigenvalue weighted by Gasteiger charge is -2.13. The van der Waals surface area contributed by atoms with Crippen molar-refractivity contribution < 1.29 is 8.81 Å². The summed E-state index contributed by atoms with van der Waals surface area (Å²) >= 11 is 5.39. The predicted molar refractivity (Wildman–Crippen MR) is 42.4 cm³/mol. The molecule has 0 amide bonds. The molecule has 1 rings (SSSR count). The third-order valence-electron chi connectivity index (χ3n) is 1.38. The fourth-order valence-corrected chi connectivity index (χ4v) is 0.854. The van der Waals surface area contributed by atoms with Crippen molar-refractivity contribution in [3.8, 4) is 0 Å². The molecule has 1 aromatic rings. The maximum absolute atomic E-state index is 12.6. The van der Waals surface area contributed by atoms with E-state index in [4.69, 9.17) is 16.0 Å². The SMILES string of the molecule is CC(C)(C)c1cc(F)c(Cl)o1. The molecule has 1 aromatic heterocycles. The molecule has 0 unspecified atom stereocenters. The minimum absolute atomic E-state index is 0.157. The number of hydrogen-bond donors (Lipinski definition) is 0. The van der Waals surface area contributed by atoms with Crippen molar-refractivity contribution in [3.05, 3.63) is 22.9 Å². The second-order valence-electron chi connectivity index (χ2n) is 3.48. The first kappa shape index (κ1) is 8.60. The van der Waals surface area contributed by atoms with Crippen molar-refractivity contribution in [2.45, 2.75) is 26.2 Å². The van der Waals surface area contributed by atoms with Gasteiger partial charge in [0.25, 0.3) is 0 Å². The molecule has 1 nitrogen and oxygen atoms in total. The van der Waals surface area contributed by atoms with Gasteiger partial charge in [-0.05, 0) is 11.6 Å². The van der Waals surface area contributed by atoms with Crippen LogP contribution in [0.15, 0.2) is 10.5 Å². The zero-order chi connectivity index (χ0) is 8.65. The Balaban J connectivity index is 3.08. The van der Waals surface area contributed by atoms with Gasteiger partial charge in [-0.3, -0.25) is 0 Å². The van der Waals surface area contributed by atoms with Crippen LogP contribution in [0, 0.1) is 5.82 Å². The fraction of sp³-hybridized carbons (Fsp3) is 0.500. The summed E-state index contributed by atoms with van der Waals surface area (Å²) in [6.07, 6.45) is 0. The van der Waals surface area contributed by atoms with Crippen molar-refractivity contribution in [3.63, 3.8) is 0 Å². The second-order valence-corrected chi connectivity index (χ2v) is 3.83. The molecule has 0 saturated carbocycles. The van der Waals surface area contributed by atoms with Gasteiger partial charge < -0.3 is 4.42 Å². The van der Waals surface area contributed by atoms with E-state index in [0.717, 1.165) is 0 Å². The standard InChI is InChI=1S/C8H10ClFO/c1-8(2,3)6-4-5(10)7(9)11-6/h4H,1-3H3. The summed E-state index contributed by atoms with van der Waals surface area (Å²) in [4.78, 5) is 0. The summed E-state index contributed by atoms with van der Waals surface area (Å²) in [5.41, 5.74) is -0.187. The lowest BCUT2D eigenvalue weighted by Crippen LogP contribution is -2.08. The molecule has 0 N–H and O–H groups in total. The van der Waals surface area contributed by atoms with E-state index in [1.165, 1.54) is 6.07 Å². The van der Waals surface area contributed by atoms with Crippen LogP contribution < -0.4 is 0 Å². The van der Waals surface area contributed by atoms with E-state index < -0.39 is 5.82 Å². The van der Waals surface area contributed by atoms with Crippen LogP contribution in [0.25, 0.3) is 0 Å². The van der Waals surface area contributed by atoms with E-state index in [1.54, 1.807) is 0 Å². The monoisotopic (exact) mass is 176 g/mol. The first-order chi connectivity index (χ1) is 4.91. The third-order valence-corrected chi connectivity index (χ3v) is 1.64. The van der Waals surface area contributed by atoms with E-state index in [0.29, 0.717) is 5.76 Å². The highest BCUT2D eigenvalue weighted by Crippen LogP contribution is 2.28. The Bertz CT molecular complexity index is 240. The topological polar surface area (TPSA) is 13.1 Å². The summed E-state index contributed by atoms with van der Waals surface area (Å²) in [5.74, 6) is 0.0802. The Labute approximate surface area is 70.2 Å². The van der Waals surface area contributed by atoms with Crippen molar-refractivity contribution in [1.29, 1.82) is 0 Å². The average Bonchev–Trinajstić information content (AvgIpc) is 2.11. The molecule has 0 aliphatic carbocycles. The number of rotatable bonds is 0. The van der Waals surface area contributed by atoms with E-state index in [-0.39, 0.29) is 10.6 Å². The molecule has 0 aliphatic heterocycles. The zero-order valence-corrected chi connectivity index (χ0v) is 7.50. The maximum Gasteiger partial charge on any atom is 0.229 e. The van der Waals surface area contributed by atoms with Gasteiger partial charge in [0.15, 0.2) is 5.82 Å². The van der Waals surface area contributed by atoms with Gasteiger partial charge >= 0.3 is 0 Å². The Hall–Kier alpha value is -0.500. The van der Waals surface area contributed by atoms with E-state index >= 15 is 0 Å². The fourth-order valence-electron chi connectivity index (χ4n) is 0.716. The van der Waals surface area contributed by atoms with Crippen LogP contribution in [0.5, 0.6) is 0 Å². The molecule has 0 radical (unpaired) electrons. The largest absolute Gasteiger partial charge is 0.446 e. The average molecular weight is 177 g/mol. The van der Waals surface area contributed by atoms with E-state index in [2.05, 4.69) is 0 Å². The Morgan fingerprint density at radius 1 is 1.45 bits per heavy atom. The van der Waals surface area contributed by atoms with Crippen LogP contribution in [0.2, 0.25) is 5.22 Å². The summed E-state index contributed by atoms with van der Waals surface area (Å²) < 4.78 is 17.6. The molecule has 0 saturated heterocycles. The highest BCUT2D eigenvalue weighted by atomic mass is 35.5. The van der Waals surface area contributed by atoms with Crippen LogP contribution in [-0.2, 0) is 5.41 Å². The van der Waals surface area contributed by atoms with Gasteiger partial charge in [0.05, 0.1) is 0 Å². The molecular weight excluding hydrogens is 167 g/mol. The van der Waals surface area contributed by atoms with Crippen molar-refractivity contribution in [1.82, 2.24) is 0 Å². The lowest BCUT2D eigenvalue weighted by molar-refractivity contribution is 0.407. The Morgan fingerprint density at radius 2 is 2.00 bits per heavy atom. The minimum Gasteiger partial charge on any atom is -0.446 e. The van der Waals surface area contributed by atoms with Crippen LogP contribution >= 0.6 is 11.6 Å². The Kier molecular flexibility index (Phi) is 1.97. The van der Waals surface area contributed by atoms with Crippen LogP contribution in [0.3, 0.4) is 0 Å². The van der Waals surface area contributed by atoms with Crippen molar-refractivity contribution in [2.24, 2.45) is 0 Å². The third kappa shape index (κ3) is 1.74. The summed E-state index contributed by atoms with van der Waals surface area (Å²) in [6.45, 7) is 5.80. The first-order valence-corrected chi connectivity index (χ1v) is 3.74. The van der Waals surface area contributed by atoms with Crippen LogP contribution in [0.1, 0.15) is 26.5 Å². The molecule has 0 spiro atoms. The quantitative estimate of drug-likeness (QED) is 0.591. The van der Waals surface area contributed by atoms with Gasteiger partial charge in [-0.2, -0.15) is 0 Å². The molecule has 11 heavy (non-hydrogen) atoms. The highest BCUT2D eigenvalue weighted by molar-refractivity contribution is 6.29. The molecule has 1 heterocycles. The molecule has 0 fully saturated rings. The molecule has 0 aliphatic rings. The lowest BCUT2D eigenvalue weighted by atomic mass is 9.94. The Morgan fingerprint density at radius 3 is 2.18 bits per heavy atom. The van der Waals surface area contributed by atoms with E-state index in [1.807, 2.05) is 20.8 Å². The molecule has 62 valence electrons. The highest BCUT2D eigenvalue weighted by Gasteiger charge is 2.20. The van der Waals surface area contributed by atoms with Gasteiger partial charge in [-0.15, -0.1) is 0 Å². The summed E-state index contributed by atoms with van der Waals surface area (Å²) in [5, 5.41) is -0.157. The minimum atomic E-state index is -0.489. The van der Waals surface area contributed by atoms with E-state index in [9.17, 15) is 4.39 Å². The van der Waals surface area contributed by atoms with Crippen molar-refractivity contribution in [2.75, 3.05) is 0 Å². The van der Waals surface area contributed by atoms with Crippen molar-refractivity contribution >= 4 is 11.6 Å². The number of halogens is 2. The molecule has 0 aromatic carbocycles. The normalized spacial score (nSPS) is 12.1. The van der Waals surface area contributed by atoms with Gasteiger partial charge in [0, 0.05) is 11.5 Å². The predicted octanol–water partition coefficient (Wildman–Crippen LogP) is 3.37. The summed E-state index contributed by atoms with van der Waals surface area (Å²) in [7, 11) is 0. The molecule has 0 bridgehead atoms. The molecule has 3 heteroatoms. The van der Waals surface area contributed by atoms with Gasteiger partial charge in [-0.1, -0.05) is 20.8 Å². The number of furan rings is 1. The number of hydrogen-bond acceptors (Lipinski definition) is 1. The molecular formula is C8H10ClFO. The van der Waals surface area contributed by atoms with Gasteiger partial charge in [0.1, 0.15) is 5.76 Å². The maximum atomic E-state index is 12.6. The van der Waals surface area contributed by atoms with Gasteiger partial charge in [-0.25, -0.2) is 4.39 Å². The zero-order valence-electron chi connectivity index (χ0n) is 6.74.